The number of benzene rings is 1. The van der Waals surface area contributed by atoms with Crippen LogP contribution in [0.15, 0.2) is 47.1 Å². The number of aryl methyl sites for hydroxylation is 1. The van der Waals surface area contributed by atoms with E-state index >= 15 is 0 Å². The Hall–Kier alpha value is -3.75. The van der Waals surface area contributed by atoms with Gasteiger partial charge < -0.3 is 14.6 Å². The molecular formula is C18H16N6O3. The highest BCUT2D eigenvalue weighted by Crippen LogP contribution is 2.22. The predicted molar refractivity (Wildman–Crippen MR) is 95.2 cm³/mol. The summed E-state index contributed by atoms with van der Waals surface area (Å²) >= 11 is 0. The molecule has 0 aliphatic heterocycles. The van der Waals surface area contributed by atoms with Gasteiger partial charge in [0.1, 0.15) is 5.75 Å². The number of nitrogens with one attached hydrogen (secondary N) is 1. The number of fused-ring (bicyclic) bond motifs is 1. The lowest BCUT2D eigenvalue weighted by atomic mass is 10.2. The zero-order valence-electron chi connectivity index (χ0n) is 14.7. The van der Waals surface area contributed by atoms with E-state index in [1.165, 1.54) is 7.11 Å². The summed E-state index contributed by atoms with van der Waals surface area (Å²) in [5, 5.41) is 15.0. The molecule has 0 saturated heterocycles. The van der Waals surface area contributed by atoms with E-state index in [2.05, 4.69) is 25.7 Å². The van der Waals surface area contributed by atoms with Gasteiger partial charge in [0.25, 0.3) is 11.8 Å². The van der Waals surface area contributed by atoms with Crippen molar-refractivity contribution in [2.45, 2.75) is 13.5 Å². The van der Waals surface area contributed by atoms with Gasteiger partial charge in [0.05, 0.1) is 24.8 Å². The van der Waals surface area contributed by atoms with Crippen LogP contribution in [-0.4, -0.2) is 37.8 Å². The Morgan fingerprint density at radius 1 is 1.22 bits per heavy atom. The Labute approximate surface area is 154 Å². The second-order valence-corrected chi connectivity index (χ2v) is 5.76. The van der Waals surface area contributed by atoms with Crippen molar-refractivity contribution < 1.29 is 14.1 Å². The minimum atomic E-state index is -0.257. The molecule has 1 amide bonds. The summed E-state index contributed by atoms with van der Waals surface area (Å²) in [5.74, 6) is 1.74. The first kappa shape index (κ1) is 16.7. The Bertz CT molecular complexity index is 1120. The molecule has 0 bridgehead atoms. The fourth-order valence-electron chi connectivity index (χ4n) is 2.74. The second-order valence-electron chi connectivity index (χ2n) is 5.76. The first-order chi connectivity index (χ1) is 13.2. The Balaban J connectivity index is 1.59. The number of para-hydroxylation sites is 1. The maximum Gasteiger partial charge on any atom is 0.261 e. The van der Waals surface area contributed by atoms with Crippen molar-refractivity contribution in [2.24, 2.45) is 0 Å². The fourth-order valence-corrected chi connectivity index (χ4v) is 2.74. The third-order valence-electron chi connectivity index (χ3n) is 4.02. The molecule has 1 aromatic carbocycles. The zero-order valence-corrected chi connectivity index (χ0v) is 14.7. The van der Waals surface area contributed by atoms with Crippen LogP contribution in [0.4, 0.5) is 0 Å². The van der Waals surface area contributed by atoms with Crippen molar-refractivity contribution in [3.8, 4) is 17.2 Å². The normalized spacial score (nSPS) is 10.9. The van der Waals surface area contributed by atoms with Gasteiger partial charge in [-0.15, -0.1) is 10.2 Å². The van der Waals surface area contributed by atoms with E-state index in [1.807, 2.05) is 24.4 Å². The number of amides is 1. The smallest absolute Gasteiger partial charge is 0.261 e. The number of carbonyl (C=O) groups excluding carboxylic acids is 1. The van der Waals surface area contributed by atoms with Gasteiger partial charge in [-0.1, -0.05) is 17.3 Å². The van der Waals surface area contributed by atoms with Crippen molar-refractivity contribution in [1.29, 1.82) is 0 Å². The van der Waals surface area contributed by atoms with Crippen LogP contribution in [0.1, 0.15) is 22.0 Å². The van der Waals surface area contributed by atoms with Crippen LogP contribution in [0, 0.1) is 6.92 Å². The Morgan fingerprint density at radius 3 is 2.85 bits per heavy atom. The number of methoxy groups -OCH3 is 1. The summed E-state index contributed by atoms with van der Waals surface area (Å²) in [4.78, 5) is 16.7. The van der Waals surface area contributed by atoms with Crippen molar-refractivity contribution in [3.05, 3.63) is 59.8 Å². The molecule has 9 nitrogen and oxygen atoms in total. The van der Waals surface area contributed by atoms with Crippen LogP contribution in [0.3, 0.4) is 0 Å². The molecule has 0 aliphatic rings. The summed E-state index contributed by atoms with van der Waals surface area (Å²) < 4.78 is 12.2. The van der Waals surface area contributed by atoms with Gasteiger partial charge in [-0.05, 0) is 31.2 Å². The van der Waals surface area contributed by atoms with Crippen LogP contribution in [0.2, 0.25) is 0 Å². The molecule has 1 N–H and O–H groups in total. The lowest BCUT2D eigenvalue weighted by molar-refractivity contribution is 0.0946. The van der Waals surface area contributed by atoms with Gasteiger partial charge in [0, 0.05) is 6.20 Å². The van der Waals surface area contributed by atoms with Gasteiger partial charge in [0.2, 0.25) is 0 Å². The lowest BCUT2D eigenvalue weighted by Gasteiger charge is -2.08. The van der Waals surface area contributed by atoms with Crippen molar-refractivity contribution in [2.75, 3.05) is 7.11 Å². The highest BCUT2D eigenvalue weighted by atomic mass is 16.5. The average molecular weight is 364 g/mol. The first-order valence-electron chi connectivity index (χ1n) is 8.22. The third-order valence-corrected chi connectivity index (χ3v) is 4.02. The van der Waals surface area contributed by atoms with Crippen LogP contribution in [0.5, 0.6) is 5.75 Å². The molecule has 27 heavy (non-hydrogen) atoms. The third kappa shape index (κ3) is 3.10. The van der Waals surface area contributed by atoms with Crippen molar-refractivity contribution in [3.63, 3.8) is 0 Å². The Morgan fingerprint density at radius 2 is 2.07 bits per heavy atom. The van der Waals surface area contributed by atoms with E-state index in [1.54, 1.807) is 29.5 Å². The van der Waals surface area contributed by atoms with E-state index in [4.69, 9.17) is 9.26 Å². The minimum absolute atomic E-state index is 0.199. The predicted octanol–water partition coefficient (Wildman–Crippen LogP) is 2.03. The van der Waals surface area contributed by atoms with Crippen LogP contribution < -0.4 is 10.1 Å². The van der Waals surface area contributed by atoms with E-state index in [0.717, 1.165) is 0 Å². The monoisotopic (exact) mass is 364 g/mol. The van der Waals surface area contributed by atoms with Crippen LogP contribution in [0.25, 0.3) is 17.1 Å². The molecule has 3 aromatic heterocycles. The van der Waals surface area contributed by atoms with E-state index in [9.17, 15) is 4.79 Å². The van der Waals surface area contributed by atoms with Crippen LogP contribution >= 0.6 is 0 Å². The molecule has 0 fully saturated rings. The Kier molecular flexibility index (Phi) is 4.25. The SMILES string of the molecule is COc1ccccc1C(=O)NCc1nnc2c(-c3nc(C)no3)cccn12. The van der Waals surface area contributed by atoms with Gasteiger partial charge in [-0.25, -0.2) is 0 Å². The molecule has 0 aliphatic carbocycles. The summed E-state index contributed by atoms with van der Waals surface area (Å²) in [6.07, 6.45) is 1.81. The number of ether oxygens (including phenoxy) is 1. The summed E-state index contributed by atoms with van der Waals surface area (Å²) in [6.45, 7) is 1.94. The van der Waals surface area contributed by atoms with Gasteiger partial charge in [0.15, 0.2) is 17.3 Å². The number of rotatable bonds is 5. The molecule has 3 heterocycles. The van der Waals surface area contributed by atoms with E-state index < -0.39 is 0 Å². The standard InChI is InChI=1S/C18H16N6O3/c1-11-20-18(27-23-11)13-7-5-9-24-15(21-22-16(13)24)10-19-17(25)12-6-3-4-8-14(12)26-2/h3-9H,10H2,1-2H3,(H,19,25). The molecule has 0 atom stereocenters. The molecule has 0 spiro atoms. The fraction of sp³-hybridized carbons (Fsp3) is 0.167. The molecule has 9 heteroatoms. The molecule has 0 radical (unpaired) electrons. The number of hydrogen-bond acceptors (Lipinski definition) is 7. The van der Waals surface area contributed by atoms with E-state index in [0.29, 0.717) is 40.1 Å². The number of nitrogens with zero attached hydrogens (tertiary/aromatic N) is 5. The molecular weight excluding hydrogens is 348 g/mol. The summed E-state index contributed by atoms with van der Waals surface area (Å²) in [7, 11) is 1.53. The topological polar surface area (TPSA) is 107 Å². The summed E-state index contributed by atoms with van der Waals surface area (Å²) in [5.41, 5.74) is 1.70. The number of pyridine rings is 1. The lowest BCUT2D eigenvalue weighted by Crippen LogP contribution is -2.24. The first-order valence-corrected chi connectivity index (χ1v) is 8.22. The number of aromatic nitrogens is 5. The molecule has 136 valence electrons. The zero-order chi connectivity index (χ0) is 18.8. The molecule has 4 rings (SSSR count). The molecule has 4 aromatic rings. The van der Waals surface area contributed by atoms with Gasteiger partial charge >= 0.3 is 0 Å². The second kappa shape index (κ2) is 6.87. The quantitative estimate of drug-likeness (QED) is 0.577. The highest BCUT2D eigenvalue weighted by molar-refractivity contribution is 5.96. The van der Waals surface area contributed by atoms with Gasteiger partial charge in [-0.3, -0.25) is 9.20 Å². The molecule has 0 unspecified atom stereocenters. The summed E-state index contributed by atoms with van der Waals surface area (Å²) in [6, 6.07) is 10.7. The molecule has 0 saturated carbocycles. The van der Waals surface area contributed by atoms with E-state index in [-0.39, 0.29) is 12.5 Å². The minimum Gasteiger partial charge on any atom is -0.496 e. The highest BCUT2D eigenvalue weighted by Gasteiger charge is 2.16. The maximum atomic E-state index is 12.5. The van der Waals surface area contributed by atoms with Crippen molar-refractivity contribution >= 4 is 11.6 Å². The van der Waals surface area contributed by atoms with Crippen molar-refractivity contribution in [1.82, 2.24) is 30.1 Å². The number of hydrogen-bond donors (Lipinski definition) is 1. The largest absolute Gasteiger partial charge is 0.496 e. The number of carbonyl (C=O) groups is 1. The van der Waals surface area contributed by atoms with Crippen LogP contribution in [-0.2, 0) is 6.54 Å². The maximum absolute atomic E-state index is 12.5. The van der Waals surface area contributed by atoms with Gasteiger partial charge in [-0.2, -0.15) is 4.98 Å². The average Bonchev–Trinajstić information content (AvgIpc) is 3.32.